The molecule has 122 valence electrons. The van der Waals surface area contributed by atoms with Crippen LogP contribution >= 0.6 is 0 Å². The van der Waals surface area contributed by atoms with Crippen molar-refractivity contribution in [3.05, 3.63) is 24.3 Å². The molecule has 1 saturated carbocycles. The minimum atomic E-state index is 0.872. The average molecular weight is 291 g/mol. The number of unbranched alkanes of at least 4 members (excludes halogenated alkanes) is 7. The molecule has 0 bridgehead atoms. The van der Waals surface area contributed by atoms with Crippen molar-refractivity contribution in [2.24, 2.45) is 11.8 Å². The summed E-state index contributed by atoms with van der Waals surface area (Å²) in [7, 11) is 0. The molecule has 0 heterocycles. The summed E-state index contributed by atoms with van der Waals surface area (Å²) in [4.78, 5) is 0. The molecule has 0 heteroatoms. The fraction of sp³-hybridized carbons (Fsp3) is 0.810. The molecule has 0 aromatic heterocycles. The Morgan fingerprint density at radius 3 is 2.38 bits per heavy atom. The highest BCUT2D eigenvalue weighted by Gasteiger charge is 2.23. The van der Waals surface area contributed by atoms with Crippen LogP contribution in [0.5, 0.6) is 0 Å². The maximum absolute atomic E-state index is 2.55. The fourth-order valence-corrected chi connectivity index (χ4v) is 3.48. The van der Waals surface area contributed by atoms with E-state index in [2.05, 4.69) is 38.2 Å². The summed E-state index contributed by atoms with van der Waals surface area (Å²) in [5.74, 6) is 1.80. The second kappa shape index (κ2) is 13.2. The molecule has 0 saturated heterocycles. The van der Waals surface area contributed by atoms with Gasteiger partial charge >= 0.3 is 0 Å². The Morgan fingerprint density at radius 1 is 0.762 bits per heavy atom. The normalized spacial score (nSPS) is 22.8. The van der Waals surface area contributed by atoms with Crippen molar-refractivity contribution in [2.75, 3.05) is 0 Å². The SMILES string of the molecule is CCCC=CC[C@H]1CCC[C@@H]1C=CCCCCCCCC. The third-order valence-corrected chi connectivity index (χ3v) is 4.89. The first-order valence-corrected chi connectivity index (χ1v) is 9.70. The van der Waals surface area contributed by atoms with Gasteiger partial charge in [0.1, 0.15) is 0 Å². The minimum absolute atomic E-state index is 0.872. The molecule has 0 nitrogen and oxygen atoms in total. The van der Waals surface area contributed by atoms with E-state index in [1.165, 1.54) is 83.5 Å². The average Bonchev–Trinajstić information content (AvgIpc) is 2.94. The summed E-state index contributed by atoms with van der Waals surface area (Å²) in [6.45, 7) is 4.55. The second-order valence-corrected chi connectivity index (χ2v) is 6.84. The highest BCUT2D eigenvalue weighted by molar-refractivity contribution is 4.97. The molecule has 0 amide bonds. The van der Waals surface area contributed by atoms with Gasteiger partial charge in [-0.15, -0.1) is 0 Å². The molecule has 1 rings (SSSR count). The molecule has 1 aliphatic rings. The van der Waals surface area contributed by atoms with E-state index in [0.29, 0.717) is 0 Å². The fourth-order valence-electron chi connectivity index (χ4n) is 3.48. The van der Waals surface area contributed by atoms with E-state index in [0.717, 1.165) is 11.8 Å². The quantitative estimate of drug-likeness (QED) is 0.258. The van der Waals surface area contributed by atoms with Gasteiger partial charge in [0.05, 0.1) is 0 Å². The first kappa shape index (κ1) is 18.5. The number of hydrogen-bond acceptors (Lipinski definition) is 0. The molecule has 0 unspecified atom stereocenters. The van der Waals surface area contributed by atoms with Gasteiger partial charge < -0.3 is 0 Å². The van der Waals surface area contributed by atoms with Crippen molar-refractivity contribution in [3.8, 4) is 0 Å². The molecular weight excluding hydrogens is 252 g/mol. The van der Waals surface area contributed by atoms with Crippen molar-refractivity contribution in [1.82, 2.24) is 0 Å². The maximum atomic E-state index is 2.55. The summed E-state index contributed by atoms with van der Waals surface area (Å²) in [5.41, 5.74) is 0. The molecule has 0 aromatic rings. The first-order chi connectivity index (χ1) is 10.4. The Morgan fingerprint density at radius 2 is 1.57 bits per heavy atom. The van der Waals surface area contributed by atoms with E-state index in [-0.39, 0.29) is 0 Å². The van der Waals surface area contributed by atoms with Crippen LogP contribution in [-0.4, -0.2) is 0 Å². The lowest BCUT2D eigenvalue weighted by molar-refractivity contribution is 0.462. The van der Waals surface area contributed by atoms with Crippen LogP contribution in [0.1, 0.15) is 97.3 Å². The van der Waals surface area contributed by atoms with Crippen LogP contribution in [0.15, 0.2) is 24.3 Å². The van der Waals surface area contributed by atoms with Gasteiger partial charge in [0.15, 0.2) is 0 Å². The monoisotopic (exact) mass is 290 g/mol. The van der Waals surface area contributed by atoms with Crippen molar-refractivity contribution >= 4 is 0 Å². The van der Waals surface area contributed by atoms with Crippen molar-refractivity contribution < 1.29 is 0 Å². The molecule has 0 aliphatic heterocycles. The minimum Gasteiger partial charge on any atom is -0.0885 e. The molecule has 0 spiro atoms. The topological polar surface area (TPSA) is 0 Å². The van der Waals surface area contributed by atoms with Crippen LogP contribution in [0.25, 0.3) is 0 Å². The molecular formula is C21H38. The van der Waals surface area contributed by atoms with Crippen LogP contribution in [-0.2, 0) is 0 Å². The summed E-state index contributed by atoms with van der Waals surface area (Å²) < 4.78 is 0. The lowest BCUT2D eigenvalue weighted by Gasteiger charge is -2.14. The number of allylic oxidation sites excluding steroid dienone is 4. The molecule has 21 heavy (non-hydrogen) atoms. The van der Waals surface area contributed by atoms with Gasteiger partial charge in [0, 0.05) is 0 Å². The Kier molecular flexibility index (Phi) is 11.6. The Labute approximate surface area is 134 Å². The Bertz CT molecular complexity index is 274. The first-order valence-electron chi connectivity index (χ1n) is 9.70. The Balaban J connectivity index is 2.09. The van der Waals surface area contributed by atoms with Crippen LogP contribution < -0.4 is 0 Å². The van der Waals surface area contributed by atoms with Gasteiger partial charge in [0.2, 0.25) is 0 Å². The van der Waals surface area contributed by atoms with Gasteiger partial charge in [0.25, 0.3) is 0 Å². The van der Waals surface area contributed by atoms with Crippen molar-refractivity contribution in [3.63, 3.8) is 0 Å². The lowest BCUT2D eigenvalue weighted by Crippen LogP contribution is -2.03. The predicted octanol–water partition coefficient (Wildman–Crippen LogP) is 7.46. The van der Waals surface area contributed by atoms with Gasteiger partial charge in [-0.2, -0.15) is 0 Å². The summed E-state index contributed by atoms with van der Waals surface area (Å²) >= 11 is 0. The highest BCUT2D eigenvalue weighted by atomic mass is 14.3. The lowest BCUT2D eigenvalue weighted by atomic mass is 9.92. The van der Waals surface area contributed by atoms with Crippen LogP contribution in [0.2, 0.25) is 0 Å². The summed E-state index contributed by atoms with van der Waals surface area (Å²) in [5, 5.41) is 0. The van der Waals surface area contributed by atoms with Gasteiger partial charge in [-0.25, -0.2) is 0 Å². The molecule has 0 N–H and O–H groups in total. The highest BCUT2D eigenvalue weighted by Crippen LogP contribution is 2.35. The largest absolute Gasteiger partial charge is 0.0885 e. The van der Waals surface area contributed by atoms with Gasteiger partial charge in [-0.05, 0) is 50.4 Å². The molecule has 1 aliphatic carbocycles. The third kappa shape index (κ3) is 9.17. The predicted molar refractivity (Wildman–Crippen MR) is 96.6 cm³/mol. The summed E-state index contributed by atoms with van der Waals surface area (Å²) in [6, 6.07) is 0. The van der Waals surface area contributed by atoms with E-state index in [9.17, 15) is 0 Å². The molecule has 0 aromatic carbocycles. The second-order valence-electron chi connectivity index (χ2n) is 6.84. The number of rotatable bonds is 12. The van der Waals surface area contributed by atoms with Crippen molar-refractivity contribution in [2.45, 2.75) is 97.3 Å². The van der Waals surface area contributed by atoms with Crippen LogP contribution in [0.3, 0.4) is 0 Å². The van der Waals surface area contributed by atoms with Gasteiger partial charge in [-0.3, -0.25) is 0 Å². The van der Waals surface area contributed by atoms with Crippen LogP contribution in [0, 0.1) is 11.8 Å². The van der Waals surface area contributed by atoms with E-state index >= 15 is 0 Å². The molecule has 1 fully saturated rings. The maximum Gasteiger partial charge on any atom is -0.0202 e. The third-order valence-electron chi connectivity index (χ3n) is 4.89. The zero-order valence-corrected chi connectivity index (χ0v) is 14.7. The molecule has 2 atom stereocenters. The van der Waals surface area contributed by atoms with E-state index in [1.54, 1.807) is 0 Å². The van der Waals surface area contributed by atoms with E-state index in [4.69, 9.17) is 0 Å². The van der Waals surface area contributed by atoms with Crippen molar-refractivity contribution in [1.29, 1.82) is 0 Å². The smallest absolute Gasteiger partial charge is 0.0202 e. The Hall–Kier alpha value is -0.520. The summed E-state index contributed by atoms with van der Waals surface area (Å²) in [6.07, 6.45) is 27.8. The van der Waals surface area contributed by atoms with Crippen LogP contribution in [0.4, 0.5) is 0 Å². The standard InChI is InChI=1S/C21H38/c1-3-5-7-9-10-11-12-14-17-21-19-15-18-20(21)16-13-8-6-4-2/h8,13-14,17,20-21H,3-7,9-12,15-16,18-19H2,1-2H3/t20-,21-/m0/s1. The molecule has 0 radical (unpaired) electrons. The van der Waals surface area contributed by atoms with E-state index in [1.807, 2.05) is 0 Å². The van der Waals surface area contributed by atoms with E-state index < -0.39 is 0 Å². The number of hydrogen-bond donors (Lipinski definition) is 0. The van der Waals surface area contributed by atoms with Gasteiger partial charge in [-0.1, -0.05) is 83.1 Å². The zero-order chi connectivity index (χ0) is 15.2. The zero-order valence-electron chi connectivity index (χ0n) is 14.7.